The number of pyridine rings is 3. The first-order chi connectivity index (χ1) is 14.8. The highest BCUT2D eigenvalue weighted by atomic mass is 15.1. The summed E-state index contributed by atoms with van der Waals surface area (Å²) in [6.07, 6.45) is 11.0. The third kappa shape index (κ3) is 2.58. The second-order valence-corrected chi connectivity index (χ2v) is 7.13. The Balaban J connectivity index is 1.52. The zero-order valence-electron chi connectivity index (χ0n) is 16.0. The van der Waals surface area contributed by atoms with Gasteiger partial charge in [-0.2, -0.15) is 5.10 Å². The van der Waals surface area contributed by atoms with Crippen LogP contribution in [0.2, 0.25) is 0 Å². The van der Waals surface area contributed by atoms with Gasteiger partial charge in [0, 0.05) is 29.5 Å². The Morgan fingerprint density at radius 1 is 0.967 bits per heavy atom. The number of rotatable bonds is 3. The van der Waals surface area contributed by atoms with E-state index in [1.807, 2.05) is 54.3 Å². The van der Waals surface area contributed by atoms with Crippen LogP contribution in [0, 0.1) is 6.92 Å². The van der Waals surface area contributed by atoms with Gasteiger partial charge < -0.3 is 9.55 Å². The molecule has 0 aromatic carbocycles. The Morgan fingerprint density at radius 3 is 2.70 bits per heavy atom. The van der Waals surface area contributed by atoms with E-state index < -0.39 is 0 Å². The van der Waals surface area contributed by atoms with Crippen LogP contribution in [0.15, 0.2) is 67.6 Å². The van der Waals surface area contributed by atoms with E-state index in [0.717, 1.165) is 56.0 Å². The standard InChI is InChI=1S/C22H16N8/c1-13-11-30(12-25-13)20-10-24-9-19-15(20)8-18(26-19)22-21-17(28-29-22)3-2-16(27-21)14-4-6-23-7-5-14/h2-12,26H,1H3,(H,28,29). The highest BCUT2D eigenvalue weighted by molar-refractivity contribution is 5.96. The average molecular weight is 392 g/mol. The first-order valence-electron chi connectivity index (χ1n) is 9.50. The molecule has 6 rings (SSSR count). The highest BCUT2D eigenvalue weighted by Gasteiger charge is 2.15. The maximum absolute atomic E-state index is 4.86. The van der Waals surface area contributed by atoms with Crippen LogP contribution in [0.1, 0.15) is 5.69 Å². The first-order valence-corrected chi connectivity index (χ1v) is 9.50. The molecule has 8 heteroatoms. The lowest BCUT2D eigenvalue weighted by atomic mass is 10.1. The van der Waals surface area contributed by atoms with Gasteiger partial charge in [0.05, 0.1) is 52.5 Å². The number of nitrogens with zero attached hydrogens (tertiary/aromatic N) is 6. The molecule has 0 radical (unpaired) electrons. The largest absolute Gasteiger partial charge is 0.352 e. The van der Waals surface area contributed by atoms with Crippen LogP contribution in [0.3, 0.4) is 0 Å². The smallest absolute Gasteiger partial charge is 0.135 e. The van der Waals surface area contributed by atoms with Gasteiger partial charge in [-0.1, -0.05) is 0 Å². The lowest BCUT2D eigenvalue weighted by molar-refractivity contribution is 1.05. The monoisotopic (exact) mass is 392 g/mol. The third-order valence-corrected chi connectivity index (χ3v) is 5.15. The molecule has 0 aliphatic heterocycles. The topological polar surface area (TPSA) is 101 Å². The quantitative estimate of drug-likeness (QED) is 0.473. The van der Waals surface area contributed by atoms with E-state index in [0.29, 0.717) is 0 Å². The minimum Gasteiger partial charge on any atom is -0.352 e. The van der Waals surface area contributed by atoms with E-state index in [9.17, 15) is 0 Å². The molecule has 6 aromatic heterocycles. The van der Waals surface area contributed by atoms with Gasteiger partial charge in [-0.25, -0.2) is 9.97 Å². The van der Waals surface area contributed by atoms with Crippen LogP contribution in [0.4, 0.5) is 0 Å². The molecule has 30 heavy (non-hydrogen) atoms. The second-order valence-electron chi connectivity index (χ2n) is 7.13. The summed E-state index contributed by atoms with van der Waals surface area (Å²) in [5.41, 5.74) is 8.06. The fourth-order valence-corrected chi connectivity index (χ4v) is 3.69. The molecular formula is C22H16N8. The Labute approximate surface area is 170 Å². The molecule has 0 atom stereocenters. The van der Waals surface area contributed by atoms with Crippen molar-refractivity contribution >= 4 is 21.9 Å². The number of H-pyrrole nitrogens is 2. The summed E-state index contributed by atoms with van der Waals surface area (Å²) < 4.78 is 1.98. The summed E-state index contributed by atoms with van der Waals surface area (Å²) in [6, 6.07) is 9.95. The number of fused-ring (bicyclic) bond motifs is 2. The fraction of sp³-hybridized carbons (Fsp3) is 0.0455. The molecule has 6 aromatic rings. The van der Waals surface area contributed by atoms with Crippen molar-refractivity contribution in [3.05, 3.63) is 73.3 Å². The van der Waals surface area contributed by atoms with Crippen molar-refractivity contribution in [1.82, 2.24) is 39.7 Å². The summed E-state index contributed by atoms with van der Waals surface area (Å²) in [7, 11) is 0. The minimum absolute atomic E-state index is 0.768. The van der Waals surface area contributed by atoms with E-state index in [4.69, 9.17) is 4.98 Å². The summed E-state index contributed by atoms with van der Waals surface area (Å²) in [4.78, 5) is 21.1. The Bertz CT molecular complexity index is 1510. The maximum atomic E-state index is 4.86. The van der Waals surface area contributed by atoms with Crippen LogP contribution in [0.5, 0.6) is 0 Å². The third-order valence-electron chi connectivity index (χ3n) is 5.15. The molecule has 2 N–H and O–H groups in total. The summed E-state index contributed by atoms with van der Waals surface area (Å²) >= 11 is 0. The normalized spacial score (nSPS) is 11.5. The molecule has 0 bridgehead atoms. The highest BCUT2D eigenvalue weighted by Crippen LogP contribution is 2.31. The van der Waals surface area contributed by atoms with Crippen LogP contribution in [-0.4, -0.2) is 39.7 Å². The van der Waals surface area contributed by atoms with Crippen LogP contribution in [0.25, 0.3) is 50.3 Å². The van der Waals surface area contributed by atoms with Crippen molar-refractivity contribution in [3.8, 4) is 28.3 Å². The van der Waals surface area contributed by atoms with Gasteiger partial charge >= 0.3 is 0 Å². The fourth-order valence-electron chi connectivity index (χ4n) is 3.69. The van der Waals surface area contributed by atoms with Crippen molar-refractivity contribution in [2.75, 3.05) is 0 Å². The molecule has 0 saturated carbocycles. The Morgan fingerprint density at radius 2 is 1.87 bits per heavy atom. The molecule has 8 nitrogen and oxygen atoms in total. The molecule has 0 spiro atoms. The van der Waals surface area contributed by atoms with E-state index >= 15 is 0 Å². The number of hydrogen-bond donors (Lipinski definition) is 2. The Hall–Kier alpha value is -4.33. The van der Waals surface area contributed by atoms with Crippen molar-refractivity contribution < 1.29 is 0 Å². The molecule has 0 fully saturated rings. The van der Waals surface area contributed by atoms with Gasteiger partial charge in [0.25, 0.3) is 0 Å². The molecule has 0 aliphatic rings. The van der Waals surface area contributed by atoms with Gasteiger partial charge in [-0.3, -0.25) is 15.1 Å². The summed E-state index contributed by atoms with van der Waals surface area (Å²) in [5.74, 6) is 0. The zero-order chi connectivity index (χ0) is 20.1. The SMILES string of the molecule is Cc1cn(-c2cncc3[nH]c(-c4n[nH]c5ccc(-c6ccncc6)nc45)cc23)cn1. The maximum Gasteiger partial charge on any atom is 0.135 e. The van der Waals surface area contributed by atoms with Crippen molar-refractivity contribution in [2.24, 2.45) is 0 Å². The van der Waals surface area contributed by atoms with Crippen molar-refractivity contribution in [2.45, 2.75) is 6.92 Å². The van der Waals surface area contributed by atoms with Crippen LogP contribution < -0.4 is 0 Å². The second kappa shape index (κ2) is 6.35. The minimum atomic E-state index is 0.768. The average Bonchev–Trinajstić information content (AvgIpc) is 3.51. The number of nitrogens with one attached hydrogen (secondary N) is 2. The lowest BCUT2D eigenvalue weighted by Crippen LogP contribution is -1.91. The van der Waals surface area contributed by atoms with Gasteiger partial charge in [-0.05, 0) is 37.3 Å². The number of aromatic amines is 2. The van der Waals surface area contributed by atoms with Gasteiger partial charge in [-0.15, -0.1) is 0 Å². The number of aromatic nitrogens is 8. The predicted molar refractivity (Wildman–Crippen MR) is 114 cm³/mol. The molecule has 0 amide bonds. The van der Waals surface area contributed by atoms with Gasteiger partial charge in [0.1, 0.15) is 11.2 Å². The Kier molecular flexibility index (Phi) is 3.51. The van der Waals surface area contributed by atoms with Crippen molar-refractivity contribution in [3.63, 3.8) is 0 Å². The van der Waals surface area contributed by atoms with Crippen molar-refractivity contribution in [1.29, 1.82) is 0 Å². The molecule has 0 unspecified atom stereocenters. The van der Waals surface area contributed by atoms with Gasteiger partial charge in [0.15, 0.2) is 0 Å². The predicted octanol–water partition coefficient (Wildman–Crippen LogP) is 4.06. The zero-order valence-corrected chi connectivity index (χ0v) is 16.0. The summed E-state index contributed by atoms with van der Waals surface area (Å²) in [5, 5.41) is 8.66. The van der Waals surface area contributed by atoms with Gasteiger partial charge in [0.2, 0.25) is 0 Å². The molecule has 0 saturated heterocycles. The lowest BCUT2D eigenvalue weighted by Gasteiger charge is -2.02. The van der Waals surface area contributed by atoms with E-state index in [1.54, 1.807) is 18.7 Å². The number of imidazole rings is 1. The number of hydrogen-bond acceptors (Lipinski definition) is 5. The summed E-state index contributed by atoms with van der Waals surface area (Å²) in [6.45, 7) is 1.97. The number of aryl methyl sites for hydroxylation is 1. The van der Waals surface area contributed by atoms with E-state index in [1.165, 1.54) is 0 Å². The molecule has 0 aliphatic carbocycles. The van der Waals surface area contributed by atoms with E-state index in [2.05, 4.69) is 36.2 Å². The van der Waals surface area contributed by atoms with Crippen LogP contribution >= 0.6 is 0 Å². The molecule has 6 heterocycles. The van der Waals surface area contributed by atoms with E-state index in [-0.39, 0.29) is 0 Å². The van der Waals surface area contributed by atoms with Crippen LogP contribution in [-0.2, 0) is 0 Å². The molecular weight excluding hydrogens is 376 g/mol. The molecule has 144 valence electrons. The first kappa shape index (κ1) is 16.6.